The van der Waals surface area contributed by atoms with Gasteiger partial charge < -0.3 is 15.4 Å². The number of H-pyrrole nitrogens is 1. The van der Waals surface area contributed by atoms with E-state index in [4.69, 9.17) is 9.90 Å². The lowest BCUT2D eigenvalue weighted by Gasteiger charge is -2.12. The minimum absolute atomic E-state index is 0.0947. The summed E-state index contributed by atoms with van der Waals surface area (Å²) in [5, 5.41) is 10.0. The number of amides is 1. The van der Waals surface area contributed by atoms with Crippen molar-refractivity contribution in [1.29, 1.82) is 0 Å². The Bertz CT molecular complexity index is 1010. The third kappa shape index (κ3) is 6.79. The number of aromatic amines is 1. The van der Waals surface area contributed by atoms with Crippen molar-refractivity contribution in [2.24, 2.45) is 0 Å². The minimum atomic E-state index is -5.08. The minimum Gasteiger partial charge on any atom is -0.475 e. The molecule has 1 amide bonds. The first kappa shape index (κ1) is 22.7. The third-order valence-corrected chi connectivity index (χ3v) is 3.75. The summed E-state index contributed by atoms with van der Waals surface area (Å²) < 4.78 is 44.9. The van der Waals surface area contributed by atoms with E-state index >= 15 is 0 Å². The highest BCUT2D eigenvalue weighted by molar-refractivity contribution is 5.77. The first-order chi connectivity index (χ1) is 14.1. The van der Waals surface area contributed by atoms with Gasteiger partial charge >= 0.3 is 12.1 Å². The first-order valence-electron chi connectivity index (χ1n) is 8.56. The van der Waals surface area contributed by atoms with Crippen LogP contribution in [0.1, 0.15) is 30.9 Å². The molecule has 0 radical (unpaired) electrons. The standard InChI is InChI=1S/C16H16FN5O.C2HF3O2/c1-10(12-6-7-18-9-19-12)20-16(23)5-4-15-21-13-3-2-11(17)8-14(13)22-15;3-2(4,5)1(6)7/h2-3,6-10H,4-5H2,1H3,(H,20,23)(H,21,22);(H,6,7). The molecule has 0 saturated heterocycles. The molecule has 3 rings (SSSR count). The fourth-order valence-corrected chi connectivity index (χ4v) is 2.33. The van der Waals surface area contributed by atoms with Crippen LogP contribution in [0, 0.1) is 5.82 Å². The lowest BCUT2D eigenvalue weighted by molar-refractivity contribution is -0.192. The van der Waals surface area contributed by atoms with Crippen LogP contribution in [0.3, 0.4) is 0 Å². The molecule has 1 atom stereocenters. The van der Waals surface area contributed by atoms with Crippen molar-refractivity contribution in [3.8, 4) is 0 Å². The zero-order valence-electron chi connectivity index (χ0n) is 15.6. The number of rotatable bonds is 5. The number of carbonyl (C=O) groups excluding carboxylic acids is 1. The number of halogens is 4. The molecule has 3 aromatic rings. The molecule has 12 heteroatoms. The largest absolute Gasteiger partial charge is 0.490 e. The van der Waals surface area contributed by atoms with E-state index in [0.29, 0.717) is 23.3 Å². The van der Waals surface area contributed by atoms with Gasteiger partial charge in [-0.25, -0.2) is 24.1 Å². The maximum Gasteiger partial charge on any atom is 0.490 e. The molecular weight excluding hydrogens is 410 g/mol. The molecule has 0 spiro atoms. The Kier molecular flexibility index (Phi) is 7.39. The summed E-state index contributed by atoms with van der Waals surface area (Å²) >= 11 is 0. The Morgan fingerprint density at radius 2 is 1.97 bits per heavy atom. The summed E-state index contributed by atoms with van der Waals surface area (Å²) in [5.41, 5.74) is 2.08. The van der Waals surface area contributed by atoms with Gasteiger partial charge in [0.2, 0.25) is 5.91 Å². The molecule has 2 heterocycles. The van der Waals surface area contributed by atoms with Crippen LogP contribution < -0.4 is 5.32 Å². The number of nitrogens with one attached hydrogen (secondary N) is 2. The molecule has 1 unspecified atom stereocenters. The van der Waals surface area contributed by atoms with Crippen LogP contribution >= 0.6 is 0 Å². The van der Waals surface area contributed by atoms with Gasteiger partial charge in [0, 0.05) is 19.0 Å². The monoisotopic (exact) mass is 427 g/mol. The Labute approximate surface area is 167 Å². The van der Waals surface area contributed by atoms with Crippen molar-refractivity contribution in [2.45, 2.75) is 32.0 Å². The number of hydrogen-bond acceptors (Lipinski definition) is 5. The number of fused-ring (bicyclic) bond motifs is 1. The van der Waals surface area contributed by atoms with Gasteiger partial charge in [-0.2, -0.15) is 13.2 Å². The number of carboxylic acid groups (broad SMARTS) is 1. The molecule has 8 nitrogen and oxygen atoms in total. The predicted octanol–water partition coefficient (Wildman–Crippen LogP) is 2.94. The molecule has 0 aliphatic heterocycles. The summed E-state index contributed by atoms with van der Waals surface area (Å²) in [4.78, 5) is 36.2. The Morgan fingerprint density at radius 1 is 1.27 bits per heavy atom. The van der Waals surface area contributed by atoms with E-state index in [1.165, 1.54) is 18.5 Å². The van der Waals surface area contributed by atoms with Gasteiger partial charge in [0.1, 0.15) is 18.0 Å². The average Bonchev–Trinajstić information content (AvgIpc) is 3.09. The topological polar surface area (TPSA) is 121 Å². The van der Waals surface area contributed by atoms with Crippen LogP contribution in [0.4, 0.5) is 17.6 Å². The fourth-order valence-electron chi connectivity index (χ4n) is 2.33. The van der Waals surface area contributed by atoms with E-state index in [2.05, 4.69) is 25.3 Å². The first-order valence-corrected chi connectivity index (χ1v) is 8.56. The van der Waals surface area contributed by atoms with Gasteiger partial charge in [-0.3, -0.25) is 4.79 Å². The highest BCUT2D eigenvalue weighted by Gasteiger charge is 2.38. The van der Waals surface area contributed by atoms with E-state index in [9.17, 15) is 22.4 Å². The van der Waals surface area contributed by atoms with E-state index in [1.54, 1.807) is 18.3 Å². The Balaban J connectivity index is 0.000000396. The zero-order valence-corrected chi connectivity index (χ0v) is 15.6. The number of aryl methyl sites for hydroxylation is 1. The van der Waals surface area contributed by atoms with Gasteiger partial charge in [-0.05, 0) is 31.2 Å². The van der Waals surface area contributed by atoms with Gasteiger partial charge in [-0.15, -0.1) is 0 Å². The van der Waals surface area contributed by atoms with E-state index < -0.39 is 12.1 Å². The smallest absolute Gasteiger partial charge is 0.475 e. The maximum atomic E-state index is 13.1. The van der Waals surface area contributed by atoms with Gasteiger partial charge in [0.25, 0.3) is 0 Å². The molecule has 1 aromatic carbocycles. The van der Waals surface area contributed by atoms with Crippen LogP contribution in [-0.2, 0) is 16.0 Å². The highest BCUT2D eigenvalue weighted by Crippen LogP contribution is 2.14. The van der Waals surface area contributed by atoms with Crippen molar-refractivity contribution in [3.05, 3.63) is 54.1 Å². The molecule has 0 aliphatic rings. The van der Waals surface area contributed by atoms with Crippen molar-refractivity contribution >= 4 is 22.9 Å². The number of aliphatic carboxylic acids is 1. The number of carbonyl (C=O) groups is 2. The SMILES string of the molecule is CC(NC(=O)CCc1nc2ccc(F)cc2[nH]1)c1ccncn1.O=C(O)C(F)(F)F. The average molecular weight is 427 g/mol. The molecule has 0 saturated carbocycles. The van der Waals surface area contributed by atoms with Gasteiger partial charge in [-0.1, -0.05) is 0 Å². The van der Waals surface area contributed by atoms with Crippen molar-refractivity contribution in [3.63, 3.8) is 0 Å². The normalized spacial score (nSPS) is 12.0. The van der Waals surface area contributed by atoms with E-state index in [1.807, 2.05) is 6.92 Å². The number of hydrogen-bond donors (Lipinski definition) is 3. The molecule has 3 N–H and O–H groups in total. The fraction of sp³-hybridized carbons (Fsp3) is 0.278. The predicted molar refractivity (Wildman–Crippen MR) is 96.7 cm³/mol. The highest BCUT2D eigenvalue weighted by atomic mass is 19.4. The van der Waals surface area contributed by atoms with Crippen LogP contribution in [0.25, 0.3) is 11.0 Å². The lowest BCUT2D eigenvalue weighted by Crippen LogP contribution is -2.27. The third-order valence-electron chi connectivity index (χ3n) is 3.75. The second kappa shape index (κ2) is 9.76. The second-order valence-corrected chi connectivity index (χ2v) is 6.07. The number of carboxylic acids is 1. The number of aromatic nitrogens is 4. The van der Waals surface area contributed by atoms with Crippen LogP contribution in [0.2, 0.25) is 0 Å². The molecule has 0 aliphatic carbocycles. The summed E-state index contributed by atoms with van der Waals surface area (Å²) in [7, 11) is 0. The maximum absolute atomic E-state index is 13.1. The van der Waals surface area contributed by atoms with Crippen LogP contribution in [0.15, 0.2) is 36.8 Å². The van der Waals surface area contributed by atoms with Crippen LogP contribution in [0.5, 0.6) is 0 Å². The summed E-state index contributed by atoms with van der Waals surface area (Å²) in [6, 6.07) is 5.95. The molecule has 30 heavy (non-hydrogen) atoms. The molecule has 160 valence electrons. The van der Waals surface area contributed by atoms with Gasteiger partial charge in [0.05, 0.1) is 22.8 Å². The number of benzene rings is 1. The lowest BCUT2D eigenvalue weighted by atomic mass is 10.2. The number of imidazole rings is 1. The van der Waals surface area contributed by atoms with Crippen LogP contribution in [-0.4, -0.2) is 43.1 Å². The Hall–Kier alpha value is -3.57. The van der Waals surface area contributed by atoms with Crippen molar-refractivity contribution < 1.29 is 32.3 Å². The molecule has 0 fully saturated rings. The van der Waals surface area contributed by atoms with Crippen molar-refractivity contribution in [1.82, 2.24) is 25.3 Å². The summed E-state index contributed by atoms with van der Waals surface area (Å²) in [6.07, 6.45) is -1.25. The van der Waals surface area contributed by atoms with E-state index in [0.717, 1.165) is 5.69 Å². The molecular formula is C18H17F4N5O3. The quantitative estimate of drug-likeness (QED) is 0.539. The number of alkyl halides is 3. The second-order valence-electron chi connectivity index (χ2n) is 6.07. The summed E-state index contributed by atoms with van der Waals surface area (Å²) in [6.45, 7) is 1.87. The molecule has 0 bridgehead atoms. The zero-order chi connectivity index (χ0) is 22.3. The summed E-state index contributed by atoms with van der Waals surface area (Å²) in [5.74, 6) is -2.50. The Morgan fingerprint density at radius 3 is 2.57 bits per heavy atom. The van der Waals surface area contributed by atoms with Crippen molar-refractivity contribution in [2.75, 3.05) is 0 Å². The van der Waals surface area contributed by atoms with Gasteiger partial charge in [0.15, 0.2) is 0 Å². The molecule has 2 aromatic heterocycles. The number of nitrogens with zero attached hydrogens (tertiary/aromatic N) is 3. The van der Waals surface area contributed by atoms with E-state index in [-0.39, 0.29) is 24.2 Å².